The number of hydrogen-bond donors (Lipinski definition) is 0. The largest absolute Gasteiger partial charge is 0.444 e. The molecule has 0 bridgehead atoms. The number of unbranched alkanes of at least 4 members (excludes halogenated alkanes) is 1. The number of carbonyl (C=O) groups is 1. The van der Waals surface area contributed by atoms with Crippen LogP contribution >= 0.6 is 0 Å². The lowest BCUT2D eigenvalue weighted by molar-refractivity contribution is -0.148. The van der Waals surface area contributed by atoms with Crippen LogP contribution in [0.25, 0.3) is 0 Å². The molecule has 2 fully saturated rings. The third kappa shape index (κ3) is 6.57. The molecule has 6 heteroatoms. The van der Waals surface area contributed by atoms with Gasteiger partial charge in [0.05, 0.1) is 19.3 Å². The second kappa shape index (κ2) is 8.50. The standard InChI is InChI=1S/C18H33NO5/c1-17(2,3)24-16(20)19-10-7-15(8-11-19)21-12-6-5-9-18(4)22-13-14-23-18/h15H,5-14H2,1-4H3. The molecule has 0 unspecified atom stereocenters. The van der Waals surface area contributed by atoms with Gasteiger partial charge in [-0.25, -0.2) is 4.79 Å². The Bertz CT molecular complexity index is 393. The van der Waals surface area contributed by atoms with Crippen LogP contribution in [0, 0.1) is 0 Å². The van der Waals surface area contributed by atoms with Crippen molar-refractivity contribution in [2.24, 2.45) is 0 Å². The lowest BCUT2D eigenvalue weighted by atomic mass is 10.1. The quantitative estimate of drug-likeness (QED) is 0.692. The van der Waals surface area contributed by atoms with Crippen molar-refractivity contribution in [1.29, 1.82) is 0 Å². The van der Waals surface area contributed by atoms with E-state index < -0.39 is 11.4 Å². The van der Waals surface area contributed by atoms with Gasteiger partial charge in [-0.2, -0.15) is 0 Å². The number of hydrogen-bond acceptors (Lipinski definition) is 5. The summed E-state index contributed by atoms with van der Waals surface area (Å²) in [6, 6.07) is 0. The van der Waals surface area contributed by atoms with E-state index in [1.807, 2.05) is 27.7 Å². The maximum Gasteiger partial charge on any atom is 0.410 e. The summed E-state index contributed by atoms with van der Waals surface area (Å²) in [6.45, 7) is 11.3. The van der Waals surface area contributed by atoms with Crippen LogP contribution in [-0.4, -0.2) is 61.4 Å². The fourth-order valence-corrected chi connectivity index (χ4v) is 3.03. The summed E-state index contributed by atoms with van der Waals surface area (Å²) in [7, 11) is 0. The summed E-state index contributed by atoms with van der Waals surface area (Å²) < 4.78 is 22.5. The molecule has 0 N–H and O–H groups in total. The Labute approximate surface area is 145 Å². The minimum Gasteiger partial charge on any atom is -0.444 e. The Morgan fingerprint density at radius 2 is 1.79 bits per heavy atom. The number of likely N-dealkylation sites (tertiary alicyclic amines) is 1. The van der Waals surface area contributed by atoms with Gasteiger partial charge in [0.15, 0.2) is 5.79 Å². The van der Waals surface area contributed by atoms with Gasteiger partial charge in [-0.3, -0.25) is 0 Å². The SMILES string of the molecule is CC(C)(C)OC(=O)N1CCC(OCCCCC2(C)OCCO2)CC1. The molecule has 2 aliphatic heterocycles. The first kappa shape index (κ1) is 19.5. The van der Waals surface area contributed by atoms with Crippen molar-refractivity contribution in [3.63, 3.8) is 0 Å². The van der Waals surface area contributed by atoms with Gasteiger partial charge in [0.1, 0.15) is 5.60 Å². The second-order valence-electron chi connectivity index (χ2n) is 7.83. The lowest BCUT2D eigenvalue weighted by Crippen LogP contribution is -2.43. The zero-order chi connectivity index (χ0) is 17.6. The molecule has 0 saturated carbocycles. The minimum atomic E-state index is -0.437. The van der Waals surface area contributed by atoms with Crippen LogP contribution < -0.4 is 0 Å². The van der Waals surface area contributed by atoms with E-state index in [1.54, 1.807) is 4.90 Å². The Balaban J connectivity index is 1.54. The number of carbonyl (C=O) groups excluding carboxylic acids is 1. The van der Waals surface area contributed by atoms with Gasteiger partial charge < -0.3 is 23.8 Å². The third-order valence-corrected chi connectivity index (χ3v) is 4.37. The van der Waals surface area contributed by atoms with E-state index in [4.69, 9.17) is 18.9 Å². The minimum absolute atomic E-state index is 0.217. The highest BCUT2D eigenvalue weighted by Gasteiger charge is 2.30. The van der Waals surface area contributed by atoms with E-state index in [9.17, 15) is 4.79 Å². The average Bonchev–Trinajstić information content (AvgIpc) is 2.93. The summed E-state index contributed by atoms with van der Waals surface area (Å²) in [5.41, 5.74) is -0.437. The molecule has 0 aliphatic carbocycles. The summed E-state index contributed by atoms with van der Waals surface area (Å²) in [5.74, 6) is -0.390. The zero-order valence-corrected chi connectivity index (χ0v) is 15.6. The molecule has 0 radical (unpaired) electrons. The molecule has 2 heterocycles. The predicted octanol–water partition coefficient (Wildman–Crippen LogP) is 3.34. The van der Waals surface area contributed by atoms with Crippen molar-refractivity contribution in [3.8, 4) is 0 Å². The molecular weight excluding hydrogens is 310 g/mol. The van der Waals surface area contributed by atoms with Crippen LogP contribution in [0.2, 0.25) is 0 Å². The van der Waals surface area contributed by atoms with Crippen LogP contribution in [0.3, 0.4) is 0 Å². The molecule has 0 aromatic heterocycles. The van der Waals surface area contributed by atoms with Gasteiger partial charge in [0, 0.05) is 26.1 Å². The number of piperidine rings is 1. The average molecular weight is 343 g/mol. The normalized spacial score (nSPS) is 21.9. The number of nitrogens with zero attached hydrogens (tertiary/aromatic N) is 1. The molecule has 2 saturated heterocycles. The van der Waals surface area contributed by atoms with Crippen molar-refractivity contribution < 1.29 is 23.7 Å². The van der Waals surface area contributed by atoms with Crippen LogP contribution in [0.4, 0.5) is 4.79 Å². The highest BCUT2D eigenvalue weighted by Crippen LogP contribution is 2.25. The predicted molar refractivity (Wildman–Crippen MR) is 90.9 cm³/mol. The molecule has 0 aromatic carbocycles. The topological polar surface area (TPSA) is 57.2 Å². The maximum atomic E-state index is 12.0. The van der Waals surface area contributed by atoms with Gasteiger partial charge in [0.25, 0.3) is 0 Å². The van der Waals surface area contributed by atoms with Crippen LogP contribution in [0.5, 0.6) is 0 Å². The maximum absolute atomic E-state index is 12.0. The van der Waals surface area contributed by atoms with Crippen LogP contribution in [0.15, 0.2) is 0 Å². The van der Waals surface area contributed by atoms with E-state index in [0.717, 1.165) is 38.7 Å². The number of rotatable bonds is 6. The molecule has 140 valence electrons. The van der Waals surface area contributed by atoms with Crippen molar-refractivity contribution in [3.05, 3.63) is 0 Å². The highest BCUT2D eigenvalue weighted by atomic mass is 16.7. The first-order valence-electron chi connectivity index (χ1n) is 9.15. The molecule has 0 spiro atoms. The van der Waals surface area contributed by atoms with Crippen LogP contribution in [0.1, 0.15) is 59.8 Å². The molecule has 0 atom stereocenters. The van der Waals surface area contributed by atoms with Crippen molar-refractivity contribution >= 4 is 6.09 Å². The van der Waals surface area contributed by atoms with E-state index in [2.05, 4.69) is 0 Å². The third-order valence-electron chi connectivity index (χ3n) is 4.37. The van der Waals surface area contributed by atoms with Crippen molar-refractivity contribution in [2.45, 2.75) is 77.3 Å². The molecule has 6 nitrogen and oxygen atoms in total. The fraction of sp³-hybridized carbons (Fsp3) is 0.944. The smallest absolute Gasteiger partial charge is 0.410 e. The molecule has 2 rings (SSSR count). The molecule has 2 aliphatic rings. The van der Waals surface area contributed by atoms with Gasteiger partial charge in [-0.15, -0.1) is 0 Å². The Kier molecular flexibility index (Phi) is 6.89. The van der Waals surface area contributed by atoms with E-state index >= 15 is 0 Å². The van der Waals surface area contributed by atoms with Gasteiger partial charge in [-0.1, -0.05) is 0 Å². The van der Waals surface area contributed by atoms with Crippen LogP contribution in [-0.2, 0) is 18.9 Å². The van der Waals surface area contributed by atoms with Gasteiger partial charge in [0.2, 0.25) is 0 Å². The highest BCUT2D eigenvalue weighted by molar-refractivity contribution is 5.68. The summed E-state index contributed by atoms with van der Waals surface area (Å²) >= 11 is 0. The molecule has 24 heavy (non-hydrogen) atoms. The lowest BCUT2D eigenvalue weighted by Gasteiger charge is -2.33. The summed E-state index contributed by atoms with van der Waals surface area (Å²) in [4.78, 5) is 13.8. The van der Waals surface area contributed by atoms with Crippen molar-refractivity contribution in [2.75, 3.05) is 32.9 Å². The zero-order valence-electron chi connectivity index (χ0n) is 15.6. The molecule has 0 aromatic rings. The molecule has 1 amide bonds. The summed E-state index contributed by atoms with van der Waals surface area (Å²) in [6.07, 6.45) is 4.74. The van der Waals surface area contributed by atoms with E-state index in [1.165, 1.54) is 0 Å². The Morgan fingerprint density at radius 1 is 1.17 bits per heavy atom. The summed E-state index contributed by atoms with van der Waals surface area (Å²) in [5, 5.41) is 0. The Hall–Kier alpha value is -0.850. The van der Waals surface area contributed by atoms with E-state index in [-0.39, 0.29) is 12.2 Å². The van der Waals surface area contributed by atoms with Gasteiger partial charge >= 0.3 is 6.09 Å². The fourth-order valence-electron chi connectivity index (χ4n) is 3.03. The first-order valence-corrected chi connectivity index (χ1v) is 9.15. The first-order chi connectivity index (χ1) is 11.3. The Morgan fingerprint density at radius 3 is 2.38 bits per heavy atom. The molecular formula is C18H33NO5. The number of ether oxygens (including phenoxy) is 4. The monoisotopic (exact) mass is 343 g/mol. The van der Waals surface area contributed by atoms with Crippen molar-refractivity contribution in [1.82, 2.24) is 4.90 Å². The van der Waals surface area contributed by atoms with Gasteiger partial charge in [-0.05, 0) is 53.4 Å². The number of amides is 1. The second-order valence-corrected chi connectivity index (χ2v) is 7.83. The van der Waals surface area contributed by atoms with E-state index in [0.29, 0.717) is 26.3 Å².